The summed E-state index contributed by atoms with van der Waals surface area (Å²) in [7, 11) is 0. The van der Waals surface area contributed by atoms with Crippen molar-refractivity contribution in [2.24, 2.45) is 5.92 Å². The van der Waals surface area contributed by atoms with Crippen molar-refractivity contribution < 1.29 is 9.84 Å². The van der Waals surface area contributed by atoms with Crippen molar-refractivity contribution in [3.05, 3.63) is 24.3 Å². The largest absolute Gasteiger partial charge is 0.489 e. The highest BCUT2D eigenvalue weighted by atomic mass is 16.5. The second-order valence-corrected chi connectivity index (χ2v) is 5.30. The topological polar surface area (TPSA) is 32.7 Å². The lowest BCUT2D eigenvalue weighted by Gasteiger charge is -2.28. The molecule has 2 unspecified atom stereocenters. The van der Waals surface area contributed by atoms with Gasteiger partial charge < -0.3 is 14.7 Å². The van der Waals surface area contributed by atoms with E-state index in [1.165, 1.54) is 0 Å². The molecule has 18 heavy (non-hydrogen) atoms. The van der Waals surface area contributed by atoms with Crippen molar-refractivity contribution in [3.63, 3.8) is 0 Å². The molecule has 0 aromatic heterocycles. The molecule has 1 fully saturated rings. The van der Waals surface area contributed by atoms with Gasteiger partial charge in [-0.3, -0.25) is 0 Å². The molecule has 0 spiro atoms. The number of ether oxygens (including phenoxy) is 1. The average Bonchev–Trinajstić information content (AvgIpc) is 2.70. The van der Waals surface area contributed by atoms with E-state index in [0.29, 0.717) is 12.0 Å². The molecule has 2 atom stereocenters. The summed E-state index contributed by atoms with van der Waals surface area (Å²) in [6.45, 7) is 7.53. The highest BCUT2D eigenvalue weighted by molar-refractivity contribution is 5.59. The molecule has 0 aliphatic carbocycles. The van der Waals surface area contributed by atoms with E-state index in [1.54, 1.807) is 0 Å². The fourth-order valence-electron chi connectivity index (χ4n) is 2.64. The Morgan fingerprint density at radius 3 is 2.72 bits per heavy atom. The van der Waals surface area contributed by atoms with Crippen molar-refractivity contribution in [2.45, 2.75) is 39.3 Å². The molecule has 3 nitrogen and oxygen atoms in total. The van der Waals surface area contributed by atoms with Crippen LogP contribution in [0.3, 0.4) is 0 Å². The zero-order valence-electron chi connectivity index (χ0n) is 11.5. The Bertz CT molecular complexity index is 392. The normalized spacial score (nSPS) is 23.7. The first-order chi connectivity index (χ1) is 8.63. The van der Waals surface area contributed by atoms with Gasteiger partial charge in [-0.1, -0.05) is 12.1 Å². The summed E-state index contributed by atoms with van der Waals surface area (Å²) in [5.74, 6) is 1.31. The van der Waals surface area contributed by atoms with E-state index >= 15 is 0 Å². The van der Waals surface area contributed by atoms with Crippen LogP contribution in [0, 0.1) is 5.92 Å². The molecule has 3 heteroatoms. The van der Waals surface area contributed by atoms with E-state index in [-0.39, 0.29) is 12.7 Å². The minimum atomic E-state index is 0.178. The van der Waals surface area contributed by atoms with Crippen LogP contribution < -0.4 is 9.64 Å². The van der Waals surface area contributed by atoms with Gasteiger partial charge in [0.1, 0.15) is 5.75 Å². The number of anilines is 1. The molecule has 1 aliphatic heterocycles. The summed E-state index contributed by atoms with van der Waals surface area (Å²) in [4.78, 5) is 2.35. The minimum Gasteiger partial charge on any atom is -0.489 e. The average molecular weight is 249 g/mol. The number of para-hydroxylation sites is 2. The summed E-state index contributed by atoms with van der Waals surface area (Å²) < 4.78 is 5.87. The van der Waals surface area contributed by atoms with Crippen LogP contribution in [0.2, 0.25) is 0 Å². The van der Waals surface area contributed by atoms with Crippen molar-refractivity contribution in [2.75, 3.05) is 18.1 Å². The van der Waals surface area contributed by atoms with E-state index in [4.69, 9.17) is 4.74 Å². The Morgan fingerprint density at radius 2 is 2.11 bits per heavy atom. The van der Waals surface area contributed by atoms with Crippen LogP contribution in [-0.4, -0.2) is 30.4 Å². The van der Waals surface area contributed by atoms with Gasteiger partial charge in [0.15, 0.2) is 0 Å². The molecular weight excluding hydrogens is 226 g/mol. The van der Waals surface area contributed by atoms with Crippen LogP contribution in [0.5, 0.6) is 5.75 Å². The zero-order chi connectivity index (χ0) is 13.1. The van der Waals surface area contributed by atoms with Crippen LogP contribution in [0.25, 0.3) is 0 Å². The maximum absolute atomic E-state index is 9.36. The summed E-state index contributed by atoms with van der Waals surface area (Å²) in [6, 6.07) is 8.54. The number of hydrogen-bond acceptors (Lipinski definition) is 3. The third-order valence-corrected chi connectivity index (χ3v) is 3.69. The summed E-state index contributed by atoms with van der Waals surface area (Å²) in [6.07, 6.45) is 1.23. The van der Waals surface area contributed by atoms with Crippen molar-refractivity contribution in [1.29, 1.82) is 0 Å². The van der Waals surface area contributed by atoms with Gasteiger partial charge in [0.05, 0.1) is 11.8 Å². The molecule has 1 aromatic rings. The van der Waals surface area contributed by atoms with E-state index in [0.717, 1.165) is 24.4 Å². The van der Waals surface area contributed by atoms with Gasteiger partial charge >= 0.3 is 0 Å². The number of aliphatic hydroxyl groups is 1. The first-order valence-corrected chi connectivity index (χ1v) is 6.76. The molecular formula is C15H23NO2. The molecule has 100 valence electrons. The molecule has 1 heterocycles. The van der Waals surface area contributed by atoms with Gasteiger partial charge in [-0.05, 0) is 39.3 Å². The van der Waals surface area contributed by atoms with Gasteiger partial charge in [0.25, 0.3) is 0 Å². The SMILES string of the molecule is CC(C)Oc1ccccc1N1CCC(CO)C1C. The van der Waals surface area contributed by atoms with Crippen LogP contribution in [0.15, 0.2) is 24.3 Å². The number of rotatable bonds is 4. The third kappa shape index (κ3) is 2.61. The van der Waals surface area contributed by atoms with Crippen LogP contribution >= 0.6 is 0 Å². The predicted octanol–water partition coefficient (Wildman–Crippen LogP) is 2.68. The first kappa shape index (κ1) is 13.2. The second kappa shape index (κ2) is 5.61. The van der Waals surface area contributed by atoms with Crippen LogP contribution in [0.1, 0.15) is 27.2 Å². The Hall–Kier alpha value is -1.22. The monoisotopic (exact) mass is 249 g/mol. The molecule has 1 N–H and O–H groups in total. The molecule has 0 amide bonds. The van der Waals surface area contributed by atoms with Gasteiger partial charge in [0.2, 0.25) is 0 Å². The quantitative estimate of drug-likeness (QED) is 0.890. The number of aliphatic hydroxyl groups excluding tert-OH is 1. The lowest BCUT2D eigenvalue weighted by molar-refractivity contribution is 0.220. The maximum atomic E-state index is 9.36. The molecule has 0 bridgehead atoms. The fourth-order valence-corrected chi connectivity index (χ4v) is 2.64. The van der Waals surface area contributed by atoms with Crippen LogP contribution in [0.4, 0.5) is 5.69 Å². The minimum absolute atomic E-state index is 0.178. The van der Waals surface area contributed by atoms with Crippen molar-refractivity contribution >= 4 is 5.69 Å². The maximum Gasteiger partial charge on any atom is 0.142 e. The number of hydrogen-bond donors (Lipinski definition) is 1. The highest BCUT2D eigenvalue weighted by Gasteiger charge is 2.31. The molecule has 0 radical (unpaired) electrons. The van der Waals surface area contributed by atoms with E-state index < -0.39 is 0 Å². The molecule has 2 rings (SSSR count). The molecule has 1 aliphatic rings. The van der Waals surface area contributed by atoms with E-state index in [2.05, 4.69) is 17.9 Å². The lowest BCUT2D eigenvalue weighted by Crippen LogP contribution is -2.31. The number of nitrogens with zero attached hydrogens (tertiary/aromatic N) is 1. The standard InChI is InChI=1S/C15H23NO2/c1-11(2)18-15-7-5-4-6-14(15)16-9-8-13(10-17)12(16)3/h4-7,11-13,17H,8-10H2,1-3H3. The van der Waals surface area contributed by atoms with Gasteiger partial charge in [-0.2, -0.15) is 0 Å². The Balaban J connectivity index is 2.23. The Morgan fingerprint density at radius 1 is 1.39 bits per heavy atom. The van der Waals surface area contributed by atoms with E-state index in [1.807, 2.05) is 32.0 Å². The fraction of sp³-hybridized carbons (Fsp3) is 0.600. The smallest absolute Gasteiger partial charge is 0.142 e. The number of benzene rings is 1. The van der Waals surface area contributed by atoms with Crippen LogP contribution in [-0.2, 0) is 0 Å². The van der Waals surface area contributed by atoms with Crippen molar-refractivity contribution in [1.82, 2.24) is 0 Å². The predicted molar refractivity (Wildman–Crippen MR) is 74.2 cm³/mol. The van der Waals surface area contributed by atoms with Gasteiger partial charge in [-0.25, -0.2) is 0 Å². The first-order valence-electron chi connectivity index (χ1n) is 6.76. The highest BCUT2D eigenvalue weighted by Crippen LogP contribution is 2.36. The molecule has 1 saturated heterocycles. The summed E-state index contributed by atoms with van der Waals surface area (Å²) in [5, 5.41) is 9.36. The van der Waals surface area contributed by atoms with Gasteiger partial charge in [0, 0.05) is 25.1 Å². The lowest BCUT2D eigenvalue weighted by atomic mass is 10.0. The Kier molecular flexibility index (Phi) is 4.12. The van der Waals surface area contributed by atoms with Gasteiger partial charge in [-0.15, -0.1) is 0 Å². The zero-order valence-corrected chi connectivity index (χ0v) is 11.5. The third-order valence-electron chi connectivity index (χ3n) is 3.69. The summed E-state index contributed by atoms with van der Waals surface area (Å²) >= 11 is 0. The summed E-state index contributed by atoms with van der Waals surface area (Å²) in [5.41, 5.74) is 1.15. The van der Waals surface area contributed by atoms with Crippen molar-refractivity contribution in [3.8, 4) is 5.75 Å². The second-order valence-electron chi connectivity index (χ2n) is 5.30. The molecule has 0 saturated carbocycles. The van der Waals surface area contributed by atoms with E-state index in [9.17, 15) is 5.11 Å². The molecule has 1 aromatic carbocycles. The Labute approximate surface area is 109 Å².